The molecule has 1 N–H and O–H groups in total. The molecule has 3 aliphatic rings. The van der Waals surface area contributed by atoms with Crippen molar-refractivity contribution in [3.8, 4) is 0 Å². The molecule has 2 unspecified atom stereocenters. The van der Waals surface area contributed by atoms with Crippen LogP contribution in [0.15, 0.2) is 36.4 Å². The third-order valence-corrected chi connectivity index (χ3v) is 9.52. The number of hydrogen-bond donors (Lipinski definition) is 1. The molecule has 5 rings (SSSR count). The molecule has 34 heavy (non-hydrogen) atoms. The molecule has 0 radical (unpaired) electrons. The molecule has 1 saturated heterocycles. The van der Waals surface area contributed by atoms with Gasteiger partial charge in [-0.3, -0.25) is 4.90 Å². The van der Waals surface area contributed by atoms with Crippen molar-refractivity contribution in [1.29, 1.82) is 0 Å². The number of benzene rings is 2. The molecule has 2 aromatic rings. The van der Waals surface area contributed by atoms with Gasteiger partial charge in [0.05, 0.1) is 10.8 Å². The topological polar surface area (TPSA) is 49.4 Å². The van der Waals surface area contributed by atoms with Crippen LogP contribution in [0.5, 0.6) is 0 Å². The van der Waals surface area contributed by atoms with Gasteiger partial charge in [0.2, 0.25) is 10.0 Å². The summed E-state index contributed by atoms with van der Waals surface area (Å²) in [5.74, 6) is -0.529. The first-order chi connectivity index (χ1) is 16.1. The normalized spacial score (nSPS) is 23.4. The average Bonchev–Trinajstić information content (AvgIpc) is 2.99. The smallest absolute Gasteiger partial charge is 0.299 e. The van der Waals surface area contributed by atoms with Crippen molar-refractivity contribution in [2.24, 2.45) is 0 Å². The van der Waals surface area contributed by atoms with E-state index in [0.29, 0.717) is 31.2 Å². The van der Waals surface area contributed by atoms with Crippen LogP contribution in [0, 0.1) is 5.82 Å². The quantitative estimate of drug-likeness (QED) is 0.562. The first-order valence-electron chi connectivity index (χ1n) is 11.8. The molecular weight excluding hydrogens is 468 g/mol. The van der Waals surface area contributed by atoms with Gasteiger partial charge in [-0.1, -0.05) is 30.7 Å². The maximum atomic E-state index is 14.9. The van der Waals surface area contributed by atoms with Crippen molar-refractivity contribution in [1.82, 2.24) is 9.62 Å². The Hall–Kier alpha value is -1.97. The maximum absolute atomic E-state index is 14.9. The molecular formula is C25H28F4N2O2S. The molecule has 1 heterocycles. The Labute approximate surface area is 197 Å². The molecule has 0 spiro atoms. The summed E-state index contributed by atoms with van der Waals surface area (Å²) in [7, 11) is -3.48. The number of nitrogens with zero attached hydrogens (tertiary/aromatic N) is 1. The molecule has 9 heteroatoms. The van der Waals surface area contributed by atoms with Gasteiger partial charge < -0.3 is 0 Å². The van der Waals surface area contributed by atoms with E-state index >= 15 is 0 Å². The van der Waals surface area contributed by atoms with Crippen molar-refractivity contribution >= 4 is 10.0 Å². The highest BCUT2D eigenvalue weighted by molar-refractivity contribution is 7.90. The number of halogens is 4. The average molecular weight is 497 g/mol. The number of alkyl halides is 3. The van der Waals surface area contributed by atoms with Crippen LogP contribution in [0.4, 0.5) is 17.6 Å². The first kappa shape index (κ1) is 23.8. The van der Waals surface area contributed by atoms with Crippen LogP contribution in [0.2, 0.25) is 0 Å². The van der Waals surface area contributed by atoms with E-state index in [1.54, 1.807) is 12.1 Å². The van der Waals surface area contributed by atoms with Crippen LogP contribution < -0.4 is 4.72 Å². The minimum atomic E-state index is -4.41. The monoisotopic (exact) mass is 496 g/mol. The van der Waals surface area contributed by atoms with Crippen LogP contribution in [-0.2, 0) is 35.6 Å². The molecule has 0 amide bonds. The predicted molar refractivity (Wildman–Crippen MR) is 121 cm³/mol. The number of sulfonamides is 1. The summed E-state index contributed by atoms with van der Waals surface area (Å²) in [5, 5.41) is -0.408. The summed E-state index contributed by atoms with van der Waals surface area (Å²) in [6, 6.07) is 8.71. The summed E-state index contributed by atoms with van der Waals surface area (Å²) in [5.41, 5.74) is 1.97. The number of likely N-dealkylation sites (tertiary alicyclic amines) is 1. The Morgan fingerprint density at radius 3 is 2.44 bits per heavy atom. The lowest BCUT2D eigenvalue weighted by Gasteiger charge is -2.39. The fourth-order valence-electron chi connectivity index (χ4n) is 5.32. The van der Waals surface area contributed by atoms with Gasteiger partial charge in [-0.15, -0.1) is 0 Å². The van der Waals surface area contributed by atoms with Crippen molar-refractivity contribution in [3.05, 3.63) is 70.0 Å². The van der Waals surface area contributed by atoms with Crippen LogP contribution in [0.1, 0.15) is 59.4 Å². The highest BCUT2D eigenvalue weighted by Gasteiger charge is 2.39. The van der Waals surface area contributed by atoms with E-state index < -0.39 is 32.8 Å². The third-order valence-electron chi connectivity index (χ3n) is 7.63. The Kier molecular flexibility index (Phi) is 6.23. The largest absolute Gasteiger partial charge is 0.416 e. The number of hydrogen-bond acceptors (Lipinski definition) is 3. The van der Waals surface area contributed by atoms with Gasteiger partial charge in [0, 0.05) is 24.1 Å². The molecule has 1 aliphatic heterocycles. The van der Waals surface area contributed by atoms with Gasteiger partial charge in [0.25, 0.3) is 0 Å². The molecule has 2 fully saturated rings. The zero-order chi connectivity index (χ0) is 24.1. The van der Waals surface area contributed by atoms with Gasteiger partial charge in [-0.2, -0.15) is 13.2 Å². The zero-order valence-electron chi connectivity index (χ0n) is 18.7. The predicted octanol–water partition coefficient (Wildman–Crippen LogP) is 4.77. The van der Waals surface area contributed by atoms with Crippen LogP contribution in [0.3, 0.4) is 0 Å². The van der Waals surface area contributed by atoms with Crippen molar-refractivity contribution in [2.45, 2.75) is 68.5 Å². The summed E-state index contributed by atoms with van der Waals surface area (Å²) in [4.78, 5) is 2.31. The summed E-state index contributed by atoms with van der Waals surface area (Å²) in [6.45, 7) is 1.73. The second-order valence-corrected chi connectivity index (χ2v) is 11.8. The van der Waals surface area contributed by atoms with Crippen molar-refractivity contribution < 1.29 is 26.0 Å². The Balaban J connectivity index is 1.42. The van der Waals surface area contributed by atoms with Crippen molar-refractivity contribution in [2.75, 3.05) is 13.1 Å². The second kappa shape index (κ2) is 8.91. The molecule has 1 saturated carbocycles. The minimum Gasteiger partial charge on any atom is -0.299 e. The van der Waals surface area contributed by atoms with Gasteiger partial charge in [-0.05, 0) is 74.0 Å². The summed E-state index contributed by atoms with van der Waals surface area (Å²) >= 11 is 0. The lowest BCUT2D eigenvalue weighted by Crippen LogP contribution is -2.47. The number of nitrogens with one attached hydrogen (secondary N) is 1. The van der Waals surface area contributed by atoms with Crippen LogP contribution in [0.25, 0.3) is 0 Å². The summed E-state index contributed by atoms with van der Waals surface area (Å²) in [6.07, 6.45) is -0.147. The van der Waals surface area contributed by atoms with Crippen LogP contribution in [-0.4, -0.2) is 37.7 Å². The van der Waals surface area contributed by atoms with Gasteiger partial charge >= 0.3 is 6.18 Å². The van der Waals surface area contributed by atoms with E-state index in [-0.39, 0.29) is 24.1 Å². The molecule has 0 aromatic heterocycles. The van der Waals surface area contributed by atoms with Crippen LogP contribution >= 0.6 is 0 Å². The van der Waals surface area contributed by atoms with E-state index in [9.17, 15) is 26.0 Å². The lowest BCUT2D eigenvalue weighted by molar-refractivity contribution is -0.137. The standard InChI is InChI=1S/C25H28F4N2O2S/c26-23-13-17-14-24(31-8-3-9-31)22(11-16-4-1-5-19(10-16)25(27,28)29)21(17)12-18(23)15-30-34(32,33)20-6-2-7-20/h1,4-5,10,12-13,20,22,24,30H,2-3,6-9,11,14-15H2. The Morgan fingerprint density at radius 1 is 1.06 bits per heavy atom. The molecule has 4 nitrogen and oxygen atoms in total. The summed E-state index contributed by atoms with van der Waals surface area (Å²) < 4.78 is 82.0. The highest BCUT2D eigenvalue weighted by Crippen LogP contribution is 2.42. The van der Waals surface area contributed by atoms with Gasteiger partial charge in [0.1, 0.15) is 5.82 Å². The zero-order valence-corrected chi connectivity index (χ0v) is 19.6. The first-order valence-corrected chi connectivity index (χ1v) is 13.4. The SMILES string of the molecule is O=S(=O)(NCc1cc2c(cc1F)CC(N1CCC1)C2Cc1cccc(C(F)(F)F)c1)C1CCC1. The fourth-order valence-corrected chi connectivity index (χ4v) is 6.86. The highest BCUT2D eigenvalue weighted by atomic mass is 32.2. The van der Waals surface area contributed by atoms with Gasteiger partial charge in [0.15, 0.2) is 0 Å². The third kappa shape index (κ3) is 4.62. The van der Waals surface area contributed by atoms with Gasteiger partial charge in [-0.25, -0.2) is 17.5 Å². The minimum absolute atomic E-state index is 0.0821. The molecule has 2 aromatic carbocycles. The molecule has 0 bridgehead atoms. The van der Waals surface area contributed by atoms with E-state index in [2.05, 4.69) is 9.62 Å². The number of rotatable bonds is 7. The van der Waals surface area contributed by atoms with E-state index in [4.69, 9.17) is 0 Å². The fraction of sp³-hybridized carbons (Fsp3) is 0.520. The Morgan fingerprint density at radius 2 is 1.82 bits per heavy atom. The molecule has 2 aliphatic carbocycles. The Bertz CT molecular complexity index is 1170. The molecule has 184 valence electrons. The number of fused-ring (bicyclic) bond motifs is 1. The maximum Gasteiger partial charge on any atom is 0.416 e. The molecule has 2 atom stereocenters. The van der Waals surface area contributed by atoms with E-state index in [0.717, 1.165) is 43.1 Å². The van der Waals surface area contributed by atoms with E-state index in [1.165, 1.54) is 18.2 Å². The second-order valence-electron chi connectivity index (χ2n) is 9.73. The van der Waals surface area contributed by atoms with E-state index in [1.807, 2.05) is 0 Å². The lowest BCUT2D eigenvalue weighted by atomic mass is 9.88. The van der Waals surface area contributed by atoms with Crippen molar-refractivity contribution in [3.63, 3.8) is 0 Å².